The fraction of sp³-hybridized carbons (Fsp3) is 0.118. The Morgan fingerprint density at radius 3 is 2.39 bits per heavy atom. The van der Waals surface area contributed by atoms with Gasteiger partial charge in [0.1, 0.15) is 5.84 Å². The predicted octanol–water partition coefficient (Wildman–Crippen LogP) is 4.39. The third-order valence-corrected chi connectivity index (χ3v) is 3.84. The second-order valence-corrected chi connectivity index (χ2v) is 5.39. The minimum Gasteiger partial charge on any atom is -0.493 e. The molecule has 0 aromatic heterocycles. The fourth-order valence-corrected chi connectivity index (χ4v) is 2.20. The summed E-state index contributed by atoms with van der Waals surface area (Å²) in [5.41, 5.74) is 7.60. The maximum Gasteiger partial charge on any atom is 0.161 e. The first-order chi connectivity index (χ1) is 11.0. The van der Waals surface area contributed by atoms with Crippen LogP contribution in [-0.2, 0) is 0 Å². The Morgan fingerprint density at radius 1 is 1.00 bits per heavy atom. The molecule has 0 heterocycles. The largest absolute Gasteiger partial charge is 0.493 e. The van der Waals surface area contributed by atoms with Crippen molar-refractivity contribution in [3.05, 3.63) is 63.8 Å². The average molecular weight is 351 g/mol. The lowest BCUT2D eigenvalue weighted by Gasteiger charge is -2.08. The molecule has 6 heteroatoms. The summed E-state index contributed by atoms with van der Waals surface area (Å²) in [6.45, 7) is 0. The number of nitrogens with zero attached hydrogens (tertiary/aromatic N) is 1. The van der Waals surface area contributed by atoms with E-state index in [2.05, 4.69) is 4.99 Å². The van der Waals surface area contributed by atoms with E-state index in [0.717, 1.165) is 11.1 Å². The molecule has 2 rings (SSSR count). The van der Waals surface area contributed by atoms with E-state index >= 15 is 0 Å². The van der Waals surface area contributed by atoms with Gasteiger partial charge >= 0.3 is 0 Å². The van der Waals surface area contributed by atoms with E-state index in [1.165, 1.54) is 0 Å². The number of methoxy groups -OCH3 is 2. The molecule has 0 bridgehead atoms. The van der Waals surface area contributed by atoms with E-state index < -0.39 is 0 Å². The lowest BCUT2D eigenvalue weighted by molar-refractivity contribution is 0.355. The zero-order valence-electron chi connectivity index (χ0n) is 12.7. The summed E-state index contributed by atoms with van der Waals surface area (Å²) in [6, 6.07) is 10.7. The van der Waals surface area contributed by atoms with Crippen molar-refractivity contribution < 1.29 is 9.47 Å². The molecule has 0 saturated heterocycles. The molecule has 0 spiro atoms. The molecule has 4 nitrogen and oxygen atoms in total. The molecular weight excluding hydrogens is 335 g/mol. The number of amidine groups is 1. The second kappa shape index (κ2) is 7.90. The van der Waals surface area contributed by atoms with E-state index in [1.54, 1.807) is 50.8 Å². The summed E-state index contributed by atoms with van der Waals surface area (Å²) in [6.07, 6.45) is 3.39. The van der Waals surface area contributed by atoms with Gasteiger partial charge in [-0.1, -0.05) is 29.3 Å². The molecule has 0 aliphatic rings. The van der Waals surface area contributed by atoms with Crippen molar-refractivity contribution in [1.29, 1.82) is 0 Å². The van der Waals surface area contributed by atoms with Gasteiger partial charge in [-0.05, 0) is 42.0 Å². The highest BCUT2D eigenvalue weighted by molar-refractivity contribution is 6.42. The number of nitrogens with two attached hydrogens (primary N) is 1. The number of ether oxygens (including phenoxy) is 2. The molecular formula is C17H16Cl2N2O2. The topological polar surface area (TPSA) is 56.8 Å². The van der Waals surface area contributed by atoms with E-state index in [4.69, 9.17) is 38.4 Å². The Balaban J connectivity index is 2.19. The van der Waals surface area contributed by atoms with Gasteiger partial charge in [-0.15, -0.1) is 0 Å². The molecule has 120 valence electrons. The lowest BCUT2D eigenvalue weighted by atomic mass is 10.2. The summed E-state index contributed by atoms with van der Waals surface area (Å²) < 4.78 is 10.4. The molecule has 23 heavy (non-hydrogen) atoms. The summed E-state index contributed by atoms with van der Waals surface area (Å²) in [7, 11) is 3.15. The van der Waals surface area contributed by atoms with Crippen LogP contribution in [0.15, 0.2) is 47.6 Å². The number of halogens is 2. The maximum atomic E-state index is 5.98. The third-order valence-electron chi connectivity index (χ3n) is 3.10. The number of hydrogen-bond acceptors (Lipinski definition) is 3. The molecule has 2 N–H and O–H groups in total. The Kier molecular flexibility index (Phi) is 5.90. The van der Waals surface area contributed by atoms with Crippen molar-refractivity contribution in [1.82, 2.24) is 0 Å². The number of hydrogen-bond donors (Lipinski definition) is 1. The zero-order chi connectivity index (χ0) is 16.8. The van der Waals surface area contributed by atoms with Crippen LogP contribution in [0.2, 0.25) is 10.0 Å². The highest BCUT2D eigenvalue weighted by Crippen LogP contribution is 2.27. The highest BCUT2D eigenvalue weighted by atomic mass is 35.5. The van der Waals surface area contributed by atoms with Crippen LogP contribution in [0.5, 0.6) is 11.5 Å². The van der Waals surface area contributed by atoms with E-state index in [1.807, 2.05) is 12.1 Å². The molecule has 0 fully saturated rings. The molecule has 0 atom stereocenters. The number of rotatable bonds is 5. The molecule has 0 unspecified atom stereocenters. The van der Waals surface area contributed by atoms with E-state index in [0.29, 0.717) is 27.4 Å². The quantitative estimate of drug-likeness (QED) is 0.642. The predicted molar refractivity (Wildman–Crippen MR) is 95.8 cm³/mol. The fourth-order valence-electron chi connectivity index (χ4n) is 1.89. The maximum absolute atomic E-state index is 5.98. The minimum atomic E-state index is 0.363. The van der Waals surface area contributed by atoms with E-state index in [9.17, 15) is 0 Å². The second-order valence-electron chi connectivity index (χ2n) is 4.57. The minimum absolute atomic E-state index is 0.363. The van der Waals surface area contributed by atoms with Gasteiger partial charge < -0.3 is 15.2 Å². The molecule has 2 aromatic rings. The molecule has 2 aromatic carbocycles. The standard InChI is InChI=1S/C17H16Cl2N2O2/c1-22-15-6-4-12(10-16(15)23-2)17(20)21-8-7-11-3-5-13(18)14(19)9-11/h3-10H,1-2H3,(H2,20,21)/b8-7+. The first-order valence-corrected chi connectivity index (χ1v) is 7.48. The van der Waals surface area contributed by atoms with Crippen LogP contribution in [0.4, 0.5) is 0 Å². The van der Waals surface area contributed by atoms with Gasteiger partial charge in [0.25, 0.3) is 0 Å². The van der Waals surface area contributed by atoms with Crippen LogP contribution in [0.1, 0.15) is 11.1 Å². The van der Waals surface area contributed by atoms with Gasteiger partial charge in [0.15, 0.2) is 11.5 Å². The van der Waals surface area contributed by atoms with Gasteiger partial charge in [0.05, 0.1) is 24.3 Å². The van der Waals surface area contributed by atoms with Gasteiger partial charge in [-0.3, -0.25) is 0 Å². The first-order valence-electron chi connectivity index (χ1n) is 6.72. The summed E-state index contributed by atoms with van der Waals surface area (Å²) >= 11 is 11.8. The van der Waals surface area contributed by atoms with Crippen molar-refractivity contribution in [2.24, 2.45) is 10.7 Å². The van der Waals surface area contributed by atoms with Gasteiger partial charge in [0.2, 0.25) is 0 Å². The smallest absolute Gasteiger partial charge is 0.161 e. The Bertz CT molecular complexity index is 758. The van der Waals surface area contributed by atoms with E-state index in [-0.39, 0.29) is 0 Å². The summed E-state index contributed by atoms with van der Waals surface area (Å²) in [5.74, 6) is 1.59. The average Bonchev–Trinajstić information content (AvgIpc) is 2.57. The van der Waals surface area contributed by atoms with Crippen LogP contribution in [0.3, 0.4) is 0 Å². The SMILES string of the molecule is COc1ccc(C(N)=N/C=C/c2ccc(Cl)c(Cl)c2)cc1OC. The van der Waals surface area contributed by atoms with Gasteiger partial charge in [0, 0.05) is 11.8 Å². The first kappa shape index (κ1) is 17.2. The van der Waals surface area contributed by atoms with Crippen molar-refractivity contribution in [2.45, 2.75) is 0 Å². The number of aliphatic imine (C=N–C) groups is 1. The third kappa shape index (κ3) is 4.41. The molecule has 0 radical (unpaired) electrons. The lowest BCUT2D eigenvalue weighted by Crippen LogP contribution is -2.12. The number of benzene rings is 2. The highest BCUT2D eigenvalue weighted by Gasteiger charge is 2.06. The summed E-state index contributed by atoms with van der Waals surface area (Å²) in [5, 5.41) is 1.00. The Morgan fingerprint density at radius 2 is 1.74 bits per heavy atom. The van der Waals surface area contributed by atoms with Crippen molar-refractivity contribution in [3.8, 4) is 11.5 Å². The Labute approximate surface area is 145 Å². The zero-order valence-corrected chi connectivity index (χ0v) is 14.2. The van der Waals surface area contributed by atoms with Crippen LogP contribution < -0.4 is 15.2 Å². The van der Waals surface area contributed by atoms with Gasteiger partial charge in [-0.25, -0.2) is 4.99 Å². The van der Waals surface area contributed by atoms with Crippen LogP contribution in [0, 0.1) is 0 Å². The molecule has 0 aliphatic heterocycles. The molecule has 0 saturated carbocycles. The molecule has 0 aliphatic carbocycles. The van der Waals surface area contributed by atoms with Crippen LogP contribution >= 0.6 is 23.2 Å². The van der Waals surface area contributed by atoms with Crippen molar-refractivity contribution in [2.75, 3.05) is 14.2 Å². The monoisotopic (exact) mass is 350 g/mol. The molecule has 0 amide bonds. The Hall–Kier alpha value is -2.17. The van der Waals surface area contributed by atoms with Gasteiger partial charge in [-0.2, -0.15) is 0 Å². The van der Waals surface area contributed by atoms with Crippen molar-refractivity contribution >= 4 is 35.1 Å². The van der Waals surface area contributed by atoms with Crippen LogP contribution in [-0.4, -0.2) is 20.1 Å². The normalized spacial score (nSPS) is 11.7. The summed E-state index contributed by atoms with van der Waals surface area (Å²) in [4.78, 5) is 4.21. The van der Waals surface area contributed by atoms with Crippen molar-refractivity contribution in [3.63, 3.8) is 0 Å². The van der Waals surface area contributed by atoms with Crippen LogP contribution in [0.25, 0.3) is 6.08 Å².